The average molecular weight is 230 g/mol. The van der Waals surface area contributed by atoms with Gasteiger partial charge in [0.15, 0.2) is 0 Å². The van der Waals surface area contributed by atoms with Crippen molar-refractivity contribution < 1.29 is 0 Å². The van der Waals surface area contributed by atoms with Crippen molar-refractivity contribution >= 4 is 9.24 Å². The lowest BCUT2D eigenvalue weighted by Crippen LogP contribution is -2.15. The van der Waals surface area contributed by atoms with Crippen molar-refractivity contribution in [2.75, 3.05) is 0 Å². The van der Waals surface area contributed by atoms with Crippen LogP contribution in [0.5, 0.6) is 0 Å². The van der Waals surface area contributed by atoms with E-state index in [1.807, 2.05) is 0 Å². The SMILES string of the molecule is CCCC(C)CC(C)C(C)CC(P)CC. The van der Waals surface area contributed by atoms with Crippen LogP contribution in [0.4, 0.5) is 0 Å². The maximum Gasteiger partial charge on any atom is -0.0264 e. The topological polar surface area (TPSA) is 0 Å². The average Bonchev–Trinajstić information content (AvgIpc) is 2.17. The van der Waals surface area contributed by atoms with Gasteiger partial charge in [-0.15, -0.1) is 9.24 Å². The van der Waals surface area contributed by atoms with Crippen LogP contribution in [-0.4, -0.2) is 5.66 Å². The normalized spacial score (nSPS) is 19.6. The predicted octanol–water partition coefficient (Wildman–Crippen LogP) is 5.13. The first-order valence-electron chi connectivity index (χ1n) is 6.76. The molecule has 0 spiro atoms. The fourth-order valence-electron chi connectivity index (χ4n) is 2.35. The Labute approximate surface area is 99.8 Å². The van der Waals surface area contributed by atoms with Crippen LogP contribution in [0.3, 0.4) is 0 Å². The molecule has 0 heterocycles. The highest BCUT2D eigenvalue weighted by atomic mass is 31.0. The zero-order valence-corrected chi connectivity index (χ0v) is 12.6. The summed E-state index contributed by atoms with van der Waals surface area (Å²) in [6.45, 7) is 11.8. The minimum atomic E-state index is 0.823. The van der Waals surface area contributed by atoms with E-state index in [0.29, 0.717) is 0 Å². The maximum atomic E-state index is 2.99. The van der Waals surface area contributed by atoms with Crippen LogP contribution in [0, 0.1) is 17.8 Å². The van der Waals surface area contributed by atoms with Crippen LogP contribution in [0.25, 0.3) is 0 Å². The molecule has 0 aliphatic heterocycles. The third-order valence-electron chi connectivity index (χ3n) is 3.73. The van der Waals surface area contributed by atoms with E-state index in [2.05, 4.69) is 43.9 Å². The Morgan fingerprint density at radius 2 is 1.47 bits per heavy atom. The predicted molar refractivity (Wildman–Crippen MR) is 75.4 cm³/mol. The van der Waals surface area contributed by atoms with E-state index in [1.165, 1.54) is 32.1 Å². The molecule has 5 unspecified atom stereocenters. The molecular formula is C14H31P. The van der Waals surface area contributed by atoms with Gasteiger partial charge in [-0.1, -0.05) is 47.5 Å². The van der Waals surface area contributed by atoms with Gasteiger partial charge in [-0.2, -0.15) is 0 Å². The molecule has 0 aliphatic rings. The van der Waals surface area contributed by atoms with Gasteiger partial charge >= 0.3 is 0 Å². The zero-order chi connectivity index (χ0) is 11.8. The summed E-state index contributed by atoms with van der Waals surface area (Å²) < 4.78 is 0. The van der Waals surface area contributed by atoms with Crippen molar-refractivity contribution in [2.24, 2.45) is 17.8 Å². The highest BCUT2D eigenvalue weighted by molar-refractivity contribution is 7.17. The van der Waals surface area contributed by atoms with Crippen LogP contribution >= 0.6 is 9.24 Å². The van der Waals surface area contributed by atoms with Crippen LogP contribution in [0.15, 0.2) is 0 Å². The molecule has 15 heavy (non-hydrogen) atoms. The molecule has 0 fully saturated rings. The van der Waals surface area contributed by atoms with E-state index in [0.717, 1.165) is 23.4 Å². The lowest BCUT2D eigenvalue weighted by Gasteiger charge is -2.25. The van der Waals surface area contributed by atoms with Gasteiger partial charge in [0, 0.05) is 0 Å². The van der Waals surface area contributed by atoms with Crippen molar-refractivity contribution in [1.82, 2.24) is 0 Å². The van der Waals surface area contributed by atoms with Gasteiger partial charge in [-0.25, -0.2) is 0 Å². The summed E-state index contributed by atoms with van der Waals surface area (Å²) in [5.74, 6) is 2.69. The van der Waals surface area contributed by atoms with Crippen LogP contribution in [-0.2, 0) is 0 Å². The third-order valence-corrected chi connectivity index (χ3v) is 4.47. The third kappa shape index (κ3) is 7.34. The number of rotatable bonds is 8. The van der Waals surface area contributed by atoms with E-state index < -0.39 is 0 Å². The summed E-state index contributed by atoms with van der Waals surface area (Å²) >= 11 is 0. The Morgan fingerprint density at radius 3 is 1.93 bits per heavy atom. The summed E-state index contributed by atoms with van der Waals surface area (Å²) in [5, 5.41) is 0. The van der Waals surface area contributed by atoms with E-state index in [4.69, 9.17) is 0 Å². The lowest BCUT2D eigenvalue weighted by atomic mass is 9.83. The van der Waals surface area contributed by atoms with Crippen molar-refractivity contribution in [3.8, 4) is 0 Å². The molecule has 0 N–H and O–H groups in total. The Balaban J connectivity index is 3.82. The van der Waals surface area contributed by atoms with Gasteiger partial charge < -0.3 is 0 Å². The van der Waals surface area contributed by atoms with Gasteiger partial charge in [-0.3, -0.25) is 0 Å². The minimum absolute atomic E-state index is 0.823. The second-order valence-electron chi connectivity index (χ2n) is 5.49. The van der Waals surface area contributed by atoms with Crippen LogP contribution in [0.1, 0.15) is 66.7 Å². The van der Waals surface area contributed by atoms with E-state index in [9.17, 15) is 0 Å². The fraction of sp³-hybridized carbons (Fsp3) is 1.00. The molecule has 1 heteroatoms. The fourth-order valence-corrected chi connectivity index (χ4v) is 2.78. The first-order chi connectivity index (χ1) is 7.01. The van der Waals surface area contributed by atoms with Crippen LogP contribution in [0.2, 0.25) is 0 Å². The highest BCUT2D eigenvalue weighted by Crippen LogP contribution is 2.28. The molecule has 0 bridgehead atoms. The van der Waals surface area contributed by atoms with E-state index in [1.54, 1.807) is 0 Å². The molecular weight excluding hydrogens is 199 g/mol. The molecule has 92 valence electrons. The van der Waals surface area contributed by atoms with Gasteiger partial charge in [-0.05, 0) is 42.7 Å². The summed E-state index contributed by atoms with van der Waals surface area (Å²) in [6.07, 6.45) is 6.82. The maximum absolute atomic E-state index is 2.99. The quantitative estimate of drug-likeness (QED) is 0.507. The molecule has 0 aromatic heterocycles. The molecule has 0 radical (unpaired) electrons. The highest BCUT2D eigenvalue weighted by Gasteiger charge is 2.16. The molecule has 0 aromatic carbocycles. The molecule has 0 saturated carbocycles. The lowest BCUT2D eigenvalue weighted by molar-refractivity contribution is 0.288. The Morgan fingerprint density at radius 1 is 0.933 bits per heavy atom. The summed E-state index contributed by atoms with van der Waals surface area (Å²) in [5.41, 5.74) is 0.823. The molecule has 0 saturated heterocycles. The van der Waals surface area contributed by atoms with Gasteiger partial charge in [0.1, 0.15) is 0 Å². The van der Waals surface area contributed by atoms with E-state index >= 15 is 0 Å². The largest absolute Gasteiger partial charge is 0.134 e. The molecule has 0 aromatic rings. The van der Waals surface area contributed by atoms with Crippen molar-refractivity contribution in [1.29, 1.82) is 0 Å². The zero-order valence-electron chi connectivity index (χ0n) is 11.4. The van der Waals surface area contributed by atoms with Gasteiger partial charge in [0.2, 0.25) is 0 Å². The standard InChI is InChI=1S/C14H31P/c1-6-8-11(3)9-12(4)13(5)10-14(15)7-2/h11-14H,6-10,15H2,1-5H3. The monoisotopic (exact) mass is 230 g/mol. The first-order valence-corrected chi connectivity index (χ1v) is 7.43. The van der Waals surface area contributed by atoms with Crippen LogP contribution < -0.4 is 0 Å². The van der Waals surface area contributed by atoms with Gasteiger partial charge in [0.25, 0.3) is 0 Å². The Kier molecular flexibility index (Phi) is 8.81. The second-order valence-corrected chi connectivity index (χ2v) is 6.43. The molecule has 0 aliphatic carbocycles. The second kappa shape index (κ2) is 8.57. The summed E-state index contributed by atoms with van der Waals surface area (Å²) in [7, 11) is 2.99. The molecule has 5 atom stereocenters. The van der Waals surface area contributed by atoms with Crippen molar-refractivity contribution in [2.45, 2.75) is 72.4 Å². The summed E-state index contributed by atoms with van der Waals surface area (Å²) in [6, 6.07) is 0. The van der Waals surface area contributed by atoms with Crippen molar-refractivity contribution in [3.63, 3.8) is 0 Å². The number of hydrogen-bond donors (Lipinski definition) is 0. The Bertz CT molecular complexity index is 144. The minimum Gasteiger partial charge on any atom is -0.134 e. The Hall–Kier alpha value is 0.430. The summed E-state index contributed by atoms with van der Waals surface area (Å²) in [4.78, 5) is 0. The van der Waals surface area contributed by atoms with E-state index in [-0.39, 0.29) is 0 Å². The first kappa shape index (κ1) is 15.4. The molecule has 0 nitrogen and oxygen atoms in total. The van der Waals surface area contributed by atoms with Crippen molar-refractivity contribution in [3.05, 3.63) is 0 Å². The smallest absolute Gasteiger partial charge is 0.0264 e. The molecule has 0 rings (SSSR count). The van der Waals surface area contributed by atoms with Gasteiger partial charge in [0.05, 0.1) is 0 Å². The number of hydrogen-bond acceptors (Lipinski definition) is 0. The molecule has 0 amide bonds.